The third-order valence-corrected chi connectivity index (χ3v) is 4.47. The van der Waals surface area contributed by atoms with E-state index in [1.807, 2.05) is 19.4 Å². The summed E-state index contributed by atoms with van der Waals surface area (Å²) in [7, 11) is 1.89. The van der Waals surface area contributed by atoms with Crippen LogP contribution in [-0.2, 0) is 18.4 Å². The van der Waals surface area contributed by atoms with Crippen LogP contribution >= 0.6 is 0 Å². The highest BCUT2D eigenvalue weighted by molar-refractivity contribution is 5.82. The molecule has 23 heavy (non-hydrogen) atoms. The molecule has 2 aliphatic heterocycles. The summed E-state index contributed by atoms with van der Waals surface area (Å²) in [6.45, 7) is 3.27. The number of nitrogens with one attached hydrogen (secondary N) is 1. The summed E-state index contributed by atoms with van der Waals surface area (Å²) < 4.78 is 28.3. The molecular formula is C15H23F2N5O. The zero-order valence-electron chi connectivity index (χ0n) is 13.3. The number of rotatable bonds is 3. The smallest absolute Gasteiger partial charge is 0.262 e. The molecule has 8 heteroatoms. The minimum Gasteiger partial charge on any atom is -0.340 e. The number of nitrogens with zero attached hydrogens (tertiary/aromatic N) is 4. The van der Waals surface area contributed by atoms with Gasteiger partial charge >= 0.3 is 0 Å². The van der Waals surface area contributed by atoms with E-state index in [2.05, 4.69) is 15.3 Å². The fourth-order valence-electron chi connectivity index (χ4n) is 3.27. The summed E-state index contributed by atoms with van der Waals surface area (Å²) in [5.74, 6) is -2.95. The van der Waals surface area contributed by atoms with Crippen molar-refractivity contribution in [1.82, 2.24) is 24.9 Å². The van der Waals surface area contributed by atoms with Crippen molar-refractivity contribution in [1.29, 1.82) is 0 Å². The molecule has 2 aliphatic rings. The minimum atomic E-state index is -2.77. The monoisotopic (exact) mass is 327 g/mol. The zero-order valence-corrected chi connectivity index (χ0v) is 13.3. The van der Waals surface area contributed by atoms with Gasteiger partial charge in [0.25, 0.3) is 5.92 Å². The number of hydrogen-bond donors (Lipinski definition) is 1. The molecule has 1 atom stereocenters. The zero-order chi connectivity index (χ0) is 16.4. The Hall–Kier alpha value is -1.54. The second-order valence-corrected chi connectivity index (χ2v) is 6.47. The lowest BCUT2D eigenvalue weighted by Gasteiger charge is -2.24. The molecule has 6 nitrogen and oxygen atoms in total. The first-order chi connectivity index (χ1) is 10.9. The van der Waals surface area contributed by atoms with E-state index in [-0.39, 0.29) is 12.3 Å². The predicted octanol–water partition coefficient (Wildman–Crippen LogP) is 0.452. The summed E-state index contributed by atoms with van der Waals surface area (Å²) in [5, 5.41) is 6.81. The molecule has 0 bridgehead atoms. The van der Waals surface area contributed by atoms with Crippen LogP contribution in [0.15, 0.2) is 12.4 Å². The largest absolute Gasteiger partial charge is 0.340 e. The van der Waals surface area contributed by atoms with Crippen molar-refractivity contribution in [3.63, 3.8) is 0 Å². The van der Waals surface area contributed by atoms with Gasteiger partial charge in [-0.05, 0) is 6.42 Å². The maximum atomic E-state index is 13.3. The lowest BCUT2D eigenvalue weighted by Crippen LogP contribution is -2.45. The van der Waals surface area contributed by atoms with E-state index in [9.17, 15) is 13.6 Å². The Balaban J connectivity index is 1.53. The second kappa shape index (κ2) is 6.52. The Bertz CT molecular complexity index is 562. The van der Waals surface area contributed by atoms with Crippen LogP contribution in [0.2, 0.25) is 0 Å². The number of alkyl halides is 2. The average Bonchev–Trinajstić information content (AvgIpc) is 2.97. The maximum Gasteiger partial charge on any atom is 0.262 e. The maximum absolute atomic E-state index is 13.3. The van der Waals surface area contributed by atoms with E-state index in [1.165, 1.54) is 0 Å². The lowest BCUT2D eigenvalue weighted by atomic mass is 10.1. The quantitative estimate of drug-likeness (QED) is 0.876. The fraction of sp³-hybridized carbons (Fsp3) is 0.733. The molecule has 0 spiro atoms. The van der Waals surface area contributed by atoms with Gasteiger partial charge in [0.1, 0.15) is 0 Å². The van der Waals surface area contributed by atoms with Gasteiger partial charge in [0, 0.05) is 58.0 Å². The van der Waals surface area contributed by atoms with Crippen molar-refractivity contribution in [3.8, 4) is 0 Å². The first-order valence-corrected chi connectivity index (χ1v) is 8.03. The van der Waals surface area contributed by atoms with E-state index < -0.39 is 18.5 Å². The summed E-state index contributed by atoms with van der Waals surface area (Å²) in [6.07, 6.45) is 4.30. The number of carbonyl (C=O) groups excluding carboxylic acids is 1. The average molecular weight is 327 g/mol. The molecule has 3 heterocycles. The Morgan fingerprint density at radius 2 is 2.22 bits per heavy atom. The molecule has 3 rings (SSSR count). The molecule has 1 aromatic heterocycles. The van der Waals surface area contributed by atoms with Crippen LogP contribution in [0, 0.1) is 0 Å². The Labute approximate surface area is 134 Å². The number of halogens is 2. The third-order valence-electron chi connectivity index (χ3n) is 4.47. The topological polar surface area (TPSA) is 53.4 Å². The van der Waals surface area contributed by atoms with Crippen molar-refractivity contribution in [2.75, 3.05) is 32.7 Å². The van der Waals surface area contributed by atoms with Crippen LogP contribution in [-0.4, -0.2) is 70.2 Å². The normalized spacial score (nSPS) is 25.5. The first kappa shape index (κ1) is 16.3. The van der Waals surface area contributed by atoms with Crippen LogP contribution in [0.1, 0.15) is 18.4 Å². The minimum absolute atomic E-state index is 0.189. The standard InChI is InChI=1S/C15H23F2N5O/c1-20-9-12(8-19-20)10-21-3-2-4-22(6-5-21)14(23)13-7-15(16,17)11-18-13/h8-9,13,18H,2-7,10-11H2,1H3. The van der Waals surface area contributed by atoms with Crippen LogP contribution < -0.4 is 5.32 Å². The van der Waals surface area contributed by atoms with Crippen molar-refractivity contribution < 1.29 is 13.6 Å². The predicted molar refractivity (Wildman–Crippen MR) is 81.0 cm³/mol. The van der Waals surface area contributed by atoms with E-state index >= 15 is 0 Å². The second-order valence-electron chi connectivity index (χ2n) is 6.47. The summed E-state index contributed by atoms with van der Waals surface area (Å²) in [6, 6.07) is -0.741. The molecule has 1 aromatic rings. The lowest BCUT2D eigenvalue weighted by molar-refractivity contribution is -0.133. The van der Waals surface area contributed by atoms with Gasteiger partial charge in [0.2, 0.25) is 5.91 Å². The van der Waals surface area contributed by atoms with Crippen LogP contribution in [0.4, 0.5) is 8.78 Å². The van der Waals surface area contributed by atoms with Crippen LogP contribution in [0.3, 0.4) is 0 Å². The molecule has 0 aromatic carbocycles. The van der Waals surface area contributed by atoms with Crippen molar-refractivity contribution in [2.45, 2.75) is 31.4 Å². The van der Waals surface area contributed by atoms with Gasteiger partial charge in [-0.1, -0.05) is 0 Å². The molecule has 1 N–H and O–H groups in total. The van der Waals surface area contributed by atoms with Crippen LogP contribution in [0.5, 0.6) is 0 Å². The van der Waals surface area contributed by atoms with Crippen molar-refractivity contribution in [3.05, 3.63) is 18.0 Å². The van der Waals surface area contributed by atoms with Gasteiger partial charge in [0.15, 0.2) is 0 Å². The first-order valence-electron chi connectivity index (χ1n) is 8.03. The number of hydrogen-bond acceptors (Lipinski definition) is 4. The van der Waals surface area contributed by atoms with Gasteiger partial charge < -0.3 is 4.90 Å². The fourth-order valence-corrected chi connectivity index (χ4v) is 3.27. The van der Waals surface area contributed by atoms with Gasteiger partial charge in [-0.2, -0.15) is 5.10 Å². The van der Waals surface area contributed by atoms with Gasteiger partial charge in [0.05, 0.1) is 18.8 Å². The number of amides is 1. The number of aryl methyl sites for hydroxylation is 1. The highest BCUT2D eigenvalue weighted by Gasteiger charge is 2.43. The molecule has 1 amide bonds. The van der Waals surface area contributed by atoms with E-state index in [0.717, 1.165) is 31.6 Å². The molecule has 1 unspecified atom stereocenters. The number of carbonyl (C=O) groups is 1. The molecule has 0 radical (unpaired) electrons. The van der Waals surface area contributed by atoms with Gasteiger partial charge in [-0.3, -0.25) is 19.7 Å². The molecule has 128 valence electrons. The van der Waals surface area contributed by atoms with E-state index in [4.69, 9.17) is 0 Å². The molecule has 0 aliphatic carbocycles. The van der Waals surface area contributed by atoms with E-state index in [1.54, 1.807) is 9.58 Å². The Morgan fingerprint density at radius 3 is 2.87 bits per heavy atom. The molecule has 2 saturated heterocycles. The van der Waals surface area contributed by atoms with Crippen molar-refractivity contribution in [2.24, 2.45) is 7.05 Å². The molecule has 2 fully saturated rings. The Kier molecular flexibility index (Phi) is 4.63. The summed E-state index contributed by atoms with van der Waals surface area (Å²) >= 11 is 0. The molecule has 0 saturated carbocycles. The SMILES string of the molecule is Cn1cc(CN2CCCN(C(=O)C3CC(F)(F)CN3)CC2)cn1. The third kappa shape index (κ3) is 4.06. The van der Waals surface area contributed by atoms with Crippen molar-refractivity contribution >= 4 is 5.91 Å². The summed E-state index contributed by atoms with van der Waals surface area (Å²) in [4.78, 5) is 16.4. The summed E-state index contributed by atoms with van der Waals surface area (Å²) in [5.41, 5.74) is 1.14. The van der Waals surface area contributed by atoms with Crippen LogP contribution in [0.25, 0.3) is 0 Å². The number of aromatic nitrogens is 2. The highest BCUT2D eigenvalue weighted by Crippen LogP contribution is 2.26. The Morgan fingerprint density at radius 1 is 1.39 bits per heavy atom. The molecular weight excluding hydrogens is 304 g/mol. The highest BCUT2D eigenvalue weighted by atomic mass is 19.3. The van der Waals surface area contributed by atoms with Gasteiger partial charge in [-0.25, -0.2) is 8.78 Å². The van der Waals surface area contributed by atoms with E-state index in [0.29, 0.717) is 13.1 Å². The van der Waals surface area contributed by atoms with Gasteiger partial charge in [-0.15, -0.1) is 0 Å².